The summed E-state index contributed by atoms with van der Waals surface area (Å²) >= 11 is 0. The summed E-state index contributed by atoms with van der Waals surface area (Å²) < 4.78 is 10.4. The summed E-state index contributed by atoms with van der Waals surface area (Å²) in [5.74, 6) is -0.272. The predicted molar refractivity (Wildman–Crippen MR) is 98.8 cm³/mol. The molecule has 0 aliphatic carbocycles. The molecule has 0 aromatic carbocycles. The minimum absolute atomic E-state index is 0.180. The van der Waals surface area contributed by atoms with Crippen LogP contribution in [0.4, 0.5) is 0 Å². The second kappa shape index (κ2) is 15.2. The molecule has 0 amide bonds. The van der Waals surface area contributed by atoms with Crippen LogP contribution in [0, 0.1) is 0 Å². The number of esters is 1. The summed E-state index contributed by atoms with van der Waals surface area (Å²) in [4.78, 5) is 11.4. The molecule has 0 fully saturated rings. The number of hydrogen-bond donors (Lipinski definition) is 1. The number of unbranched alkanes of at least 4 members (excludes halogenated alkanes) is 1. The van der Waals surface area contributed by atoms with Crippen molar-refractivity contribution in [2.75, 3.05) is 13.7 Å². The number of aliphatic hydroxyl groups is 1. The van der Waals surface area contributed by atoms with Crippen molar-refractivity contribution < 1.29 is 19.4 Å². The Morgan fingerprint density at radius 2 is 1.88 bits per heavy atom. The fourth-order valence-electron chi connectivity index (χ4n) is 2.14. The Bertz CT molecular complexity index is 408. The van der Waals surface area contributed by atoms with Gasteiger partial charge in [-0.25, -0.2) is 4.79 Å². The second-order valence-corrected chi connectivity index (χ2v) is 5.92. The smallest absolute Gasteiger partial charge is 0.333 e. The highest BCUT2D eigenvalue weighted by Gasteiger charge is 2.04. The molecule has 24 heavy (non-hydrogen) atoms. The lowest BCUT2D eigenvalue weighted by molar-refractivity contribution is -0.138. The molecular formula is C20H34O4. The van der Waals surface area contributed by atoms with E-state index in [4.69, 9.17) is 9.47 Å². The Hall–Kier alpha value is -1.39. The van der Waals surface area contributed by atoms with E-state index in [-0.39, 0.29) is 18.2 Å². The third-order valence-corrected chi connectivity index (χ3v) is 3.63. The van der Waals surface area contributed by atoms with Crippen molar-refractivity contribution in [2.45, 2.75) is 71.5 Å². The van der Waals surface area contributed by atoms with Crippen LogP contribution in [0.3, 0.4) is 0 Å². The molecule has 4 heteroatoms. The van der Waals surface area contributed by atoms with Crippen LogP contribution in [0.1, 0.15) is 59.3 Å². The van der Waals surface area contributed by atoms with Gasteiger partial charge in [-0.3, -0.25) is 0 Å². The number of rotatable bonds is 13. The Morgan fingerprint density at radius 1 is 1.17 bits per heavy atom. The zero-order chi connectivity index (χ0) is 18.2. The summed E-state index contributed by atoms with van der Waals surface area (Å²) in [5.41, 5.74) is 0.599. The van der Waals surface area contributed by atoms with Crippen molar-refractivity contribution in [3.05, 3.63) is 36.0 Å². The number of allylic oxidation sites excluding steroid dienone is 4. The fraction of sp³-hybridized carbons (Fsp3) is 0.650. The van der Waals surface area contributed by atoms with E-state index in [1.54, 1.807) is 27.0 Å². The van der Waals surface area contributed by atoms with Crippen LogP contribution in [0.15, 0.2) is 36.0 Å². The topological polar surface area (TPSA) is 55.8 Å². The molecule has 138 valence electrons. The summed E-state index contributed by atoms with van der Waals surface area (Å²) in [7, 11) is 1.73. The average Bonchev–Trinajstić information content (AvgIpc) is 2.55. The quantitative estimate of drug-likeness (QED) is 0.178. The third kappa shape index (κ3) is 13.1. The van der Waals surface area contributed by atoms with Gasteiger partial charge in [0.05, 0.1) is 18.8 Å². The maximum absolute atomic E-state index is 11.4. The van der Waals surface area contributed by atoms with Crippen LogP contribution in [-0.4, -0.2) is 37.0 Å². The number of hydrogen-bond acceptors (Lipinski definition) is 4. The Kier molecular flexibility index (Phi) is 14.3. The van der Waals surface area contributed by atoms with Gasteiger partial charge in [-0.15, -0.1) is 0 Å². The van der Waals surface area contributed by atoms with E-state index in [2.05, 4.69) is 12.2 Å². The zero-order valence-corrected chi connectivity index (χ0v) is 15.7. The molecule has 2 atom stereocenters. The van der Waals surface area contributed by atoms with E-state index in [9.17, 15) is 9.90 Å². The first-order valence-electron chi connectivity index (χ1n) is 8.87. The van der Waals surface area contributed by atoms with Gasteiger partial charge in [-0.05, 0) is 59.3 Å². The van der Waals surface area contributed by atoms with Gasteiger partial charge in [0.1, 0.15) is 0 Å². The van der Waals surface area contributed by atoms with Crippen LogP contribution >= 0.6 is 0 Å². The van der Waals surface area contributed by atoms with Gasteiger partial charge >= 0.3 is 5.97 Å². The summed E-state index contributed by atoms with van der Waals surface area (Å²) in [6.07, 6.45) is 15.7. The molecule has 0 heterocycles. The van der Waals surface area contributed by atoms with Gasteiger partial charge in [-0.2, -0.15) is 0 Å². The molecule has 0 bridgehead atoms. The first kappa shape index (κ1) is 22.6. The van der Waals surface area contributed by atoms with Crippen molar-refractivity contribution in [1.82, 2.24) is 0 Å². The molecule has 0 unspecified atom stereocenters. The number of methoxy groups -OCH3 is 1. The SMILES string of the molecule is CCOC(=O)/C(C)=C/C=C/C[C@H](CC/C=C/CCC[C@H](C)O)OC. The van der Waals surface area contributed by atoms with Gasteiger partial charge in [0.25, 0.3) is 0 Å². The van der Waals surface area contributed by atoms with Crippen molar-refractivity contribution in [3.63, 3.8) is 0 Å². The largest absolute Gasteiger partial charge is 0.463 e. The van der Waals surface area contributed by atoms with Gasteiger partial charge in [0.15, 0.2) is 0 Å². The molecule has 0 aliphatic rings. The minimum Gasteiger partial charge on any atom is -0.463 e. The molecule has 0 spiro atoms. The molecule has 0 saturated heterocycles. The molecule has 0 aromatic rings. The highest BCUT2D eigenvalue weighted by molar-refractivity contribution is 5.88. The number of carbonyl (C=O) groups is 1. The lowest BCUT2D eigenvalue weighted by atomic mass is 10.1. The van der Waals surface area contributed by atoms with Crippen LogP contribution in [0.5, 0.6) is 0 Å². The average molecular weight is 338 g/mol. The van der Waals surface area contributed by atoms with E-state index >= 15 is 0 Å². The molecular weight excluding hydrogens is 304 g/mol. The lowest BCUT2D eigenvalue weighted by Gasteiger charge is -2.11. The second-order valence-electron chi connectivity index (χ2n) is 5.92. The van der Waals surface area contributed by atoms with E-state index in [0.29, 0.717) is 12.2 Å². The highest BCUT2D eigenvalue weighted by atomic mass is 16.5. The third-order valence-electron chi connectivity index (χ3n) is 3.63. The molecule has 0 aromatic heterocycles. The normalized spacial score (nSPS) is 15.1. The molecule has 0 rings (SSSR count). The number of ether oxygens (including phenoxy) is 2. The summed E-state index contributed by atoms with van der Waals surface area (Å²) in [6.45, 7) is 5.76. The van der Waals surface area contributed by atoms with Crippen molar-refractivity contribution in [3.8, 4) is 0 Å². The predicted octanol–water partition coefficient (Wildman–Crippen LogP) is 4.34. The molecule has 1 N–H and O–H groups in total. The molecule has 4 nitrogen and oxygen atoms in total. The fourth-order valence-corrected chi connectivity index (χ4v) is 2.14. The van der Waals surface area contributed by atoms with E-state index in [1.807, 2.05) is 19.1 Å². The first-order valence-corrected chi connectivity index (χ1v) is 8.87. The monoisotopic (exact) mass is 338 g/mol. The zero-order valence-electron chi connectivity index (χ0n) is 15.7. The van der Waals surface area contributed by atoms with Gasteiger partial charge in [0.2, 0.25) is 0 Å². The summed E-state index contributed by atoms with van der Waals surface area (Å²) in [5, 5.41) is 9.18. The maximum atomic E-state index is 11.4. The van der Waals surface area contributed by atoms with Crippen LogP contribution in [0.2, 0.25) is 0 Å². The minimum atomic E-state index is -0.272. The standard InChI is InChI=1S/C20H34O4/c1-5-24-20(22)17(2)13-11-12-16-19(23-4)15-10-8-6-7-9-14-18(3)21/h6,8,11-13,18-19,21H,5,7,9-10,14-16H2,1-4H3/b8-6+,12-11+,17-13+/t18-,19-/m0/s1. The van der Waals surface area contributed by atoms with Gasteiger partial charge in [-0.1, -0.05) is 30.4 Å². The first-order chi connectivity index (χ1) is 11.5. The Morgan fingerprint density at radius 3 is 2.50 bits per heavy atom. The van der Waals surface area contributed by atoms with E-state index < -0.39 is 0 Å². The lowest BCUT2D eigenvalue weighted by Crippen LogP contribution is -2.08. The van der Waals surface area contributed by atoms with Gasteiger partial charge < -0.3 is 14.6 Å². The Balaban J connectivity index is 3.98. The van der Waals surface area contributed by atoms with Crippen LogP contribution in [-0.2, 0) is 14.3 Å². The molecule has 0 aliphatic heterocycles. The van der Waals surface area contributed by atoms with Crippen molar-refractivity contribution in [2.24, 2.45) is 0 Å². The van der Waals surface area contributed by atoms with Crippen LogP contribution < -0.4 is 0 Å². The van der Waals surface area contributed by atoms with Crippen LogP contribution in [0.25, 0.3) is 0 Å². The maximum Gasteiger partial charge on any atom is 0.333 e. The molecule has 0 radical (unpaired) electrons. The summed E-state index contributed by atoms with van der Waals surface area (Å²) in [6, 6.07) is 0. The van der Waals surface area contributed by atoms with E-state index in [0.717, 1.165) is 38.5 Å². The molecule has 0 saturated carbocycles. The van der Waals surface area contributed by atoms with Crippen molar-refractivity contribution >= 4 is 5.97 Å². The highest BCUT2D eigenvalue weighted by Crippen LogP contribution is 2.09. The number of carbonyl (C=O) groups excluding carboxylic acids is 1. The van der Waals surface area contributed by atoms with Crippen molar-refractivity contribution in [1.29, 1.82) is 0 Å². The number of aliphatic hydroxyl groups excluding tert-OH is 1. The van der Waals surface area contributed by atoms with Gasteiger partial charge in [0, 0.05) is 12.7 Å². The Labute approximate surface area is 147 Å². The van der Waals surface area contributed by atoms with E-state index in [1.165, 1.54) is 0 Å².